The molecule has 0 fully saturated rings. The number of nitrogens with one attached hydrogen (secondary N) is 1. The summed E-state index contributed by atoms with van der Waals surface area (Å²) in [6.07, 6.45) is 2.88. The molecule has 0 radical (unpaired) electrons. The number of anilines is 1. The third-order valence-corrected chi connectivity index (χ3v) is 2.53. The van der Waals surface area contributed by atoms with E-state index < -0.39 is 0 Å². The van der Waals surface area contributed by atoms with Crippen molar-refractivity contribution < 1.29 is 4.74 Å². The van der Waals surface area contributed by atoms with Gasteiger partial charge in [0.2, 0.25) is 0 Å². The van der Waals surface area contributed by atoms with Gasteiger partial charge in [-0.3, -0.25) is 0 Å². The van der Waals surface area contributed by atoms with Crippen molar-refractivity contribution in [2.75, 3.05) is 45.3 Å². The molecule has 98 valence electrons. The molecule has 0 amide bonds. The maximum Gasteiger partial charge on any atom is 0.147 e. The van der Waals surface area contributed by atoms with Gasteiger partial charge in [0.05, 0.1) is 12.8 Å². The van der Waals surface area contributed by atoms with Crippen LogP contribution in [0.5, 0.6) is 0 Å². The third-order valence-electron chi connectivity index (χ3n) is 2.53. The number of aryl methyl sites for hydroxylation is 1. The summed E-state index contributed by atoms with van der Waals surface area (Å²) in [7, 11) is 3.77. The second-order valence-electron chi connectivity index (χ2n) is 3.98. The zero-order valence-electron chi connectivity index (χ0n) is 11.0. The Morgan fingerprint density at radius 3 is 3.00 bits per heavy atom. The highest BCUT2D eigenvalue weighted by Crippen LogP contribution is 2.09. The monoisotopic (exact) mass is 241 g/mol. The van der Waals surface area contributed by atoms with Crippen LogP contribution in [0.1, 0.15) is 13.3 Å². The van der Waals surface area contributed by atoms with E-state index in [2.05, 4.69) is 34.5 Å². The van der Waals surface area contributed by atoms with Crippen LogP contribution in [0.25, 0.3) is 0 Å². The van der Waals surface area contributed by atoms with Crippen LogP contribution in [0.2, 0.25) is 0 Å². The molecule has 0 bridgehead atoms. The Morgan fingerprint density at radius 2 is 2.29 bits per heavy atom. The average molecular weight is 241 g/mol. The first-order valence-electron chi connectivity index (χ1n) is 6.08. The average Bonchev–Trinajstić information content (AvgIpc) is 2.77. The first kappa shape index (κ1) is 13.9. The van der Waals surface area contributed by atoms with Crippen molar-refractivity contribution in [2.45, 2.75) is 19.9 Å². The van der Waals surface area contributed by atoms with Crippen molar-refractivity contribution in [1.82, 2.24) is 20.3 Å². The molecule has 0 aliphatic carbocycles. The highest BCUT2D eigenvalue weighted by Gasteiger charge is 2.07. The molecule has 0 saturated heterocycles. The topological polar surface area (TPSA) is 55.2 Å². The van der Waals surface area contributed by atoms with Gasteiger partial charge in [-0.25, -0.2) is 4.68 Å². The molecular weight excluding hydrogens is 218 g/mol. The van der Waals surface area contributed by atoms with Gasteiger partial charge < -0.3 is 15.0 Å². The van der Waals surface area contributed by atoms with Crippen molar-refractivity contribution in [3.05, 3.63) is 6.20 Å². The fraction of sp³-hybridized carbons (Fsp3) is 0.818. The normalized spacial score (nSPS) is 10.8. The molecule has 1 aromatic rings. The fourth-order valence-electron chi connectivity index (χ4n) is 1.58. The zero-order valence-corrected chi connectivity index (χ0v) is 11.0. The van der Waals surface area contributed by atoms with Crippen LogP contribution in [-0.4, -0.2) is 55.4 Å². The van der Waals surface area contributed by atoms with Crippen LogP contribution >= 0.6 is 0 Å². The fourth-order valence-corrected chi connectivity index (χ4v) is 1.58. The summed E-state index contributed by atoms with van der Waals surface area (Å²) < 4.78 is 6.91. The molecule has 0 unspecified atom stereocenters. The van der Waals surface area contributed by atoms with E-state index in [0.29, 0.717) is 0 Å². The van der Waals surface area contributed by atoms with Gasteiger partial charge >= 0.3 is 0 Å². The maximum atomic E-state index is 4.97. The number of rotatable bonds is 9. The van der Waals surface area contributed by atoms with E-state index >= 15 is 0 Å². The lowest BCUT2D eigenvalue weighted by molar-refractivity contribution is 0.200. The summed E-state index contributed by atoms with van der Waals surface area (Å²) in [5.74, 6) is 1.07. The number of hydrogen-bond donors (Lipinski definition) is 1. The molecule has 1 heterocycles. The standard InChI is InChI=1S/C11H23N5O/c1-4-7-16-11(10-13-14-16)15(2)8-5-12-6-9-17-3/h10,12H,4-9H2,1-3H3. The van der Waals surface area contributed by atoms with E-state index in [1.807, 2.05) is 10.9 Å². The first-order valence-corrected chi connectivity index (χ1v) is 6.08. The van der Waals surface area contributed by atoms with Crippen LogP contribution in [0, 0.1) is 0 Å². The quantitative estimate of drug-likeness (QED) is 0.633. The van der Waals surface area contributed by atoms with Gasteiger partial charge in [-0.1, -0.05) is 12.1 Å². The van der Waals surface area contributed by atoms with Gasteiger partial charge in [-0.15, -0.1) is 5.10 Å². The molecule has 17 heavy (non-hydrogen) atoms. The van der Waals surface area contributed by atoms with Crippen molar-refractivity contribution in [3.8, 4) is 0 Å². The maximum absolute atomic E-state index is 4.97. The minimum atomic E-state index is 0.749. The lowest BCUT2D eigenvalue weighted by Gasteiger charge is -2.19. The molecule has 0 atom stereocenters. The molecule has 6 nitrogen and oxygen atoms in total. The summed E-state index contributed by atoms with van der Waals surface area (Å²) in [6, 6.07) is 0. The number of hydrogen-bond acceptors (Lipinski definition) is 5. The van der Waals surface area contributed by atoms with Crippen LogP contribution in [0.3, 0.4) is 0 Å². The lowest BCUT2D eigenvalue weighted by Crippen LogP contribution is -2.32. The minimum Gasteiger partial charge on any atom is -0.383 e. The first-order chi connectivity index (χ1) is 8.29. The van der Waals surface area contributed by atoms with Gasteiger partial charge in [-0.2, -0.15) is 0 Å². The predicted octanol–water partition coefficient (Wildman–Crippen LogP) is 0.360. The highest BCUT2D eigenvalue weighted by atomic mass is 16.5. The Bertz CT molecular complexity index is 302. The predicted molar refractivity (Wildman–Crippen MR) is 68.3 cm³/mol. The van der Waals surface area contributed by atoms with Crippen LogP contribution < -0.4 is 10.2 Å². The second kappa shape index (κ2) is 8.03. The summed E-state index contributed by atoms with van der Waals surface area (Å²) in [6.45, 7) is 6.54. The molecule has 0 spiro atoms. The Hall–Kier alpha value is -1.14. The number of ether oxygens (including phenoxy) is 1. The molecule has 6 heteroatoms. The zero-order chi connectivity index (χ0) is 12.5. The SMILES string of the molecule is CCCn1nncc1N(C)CCNCCOC. The third kappa shape index (κ3) is 4.70. The molecule has 1 N–H and O–H groups in total. The van der Waals surface area contributed by atoms with E-state index in [9.17, 15) is 0 Å². The molecule has 1 rings (SSSR count). The summed E-state index contributed by atoms with van der Waals surface area (Å²) in [5.41, 5.74) is 0. The van der Waals surface area contributed by atoms with Gasteiger partial charge in [0.25, 0.3) is 0 Å². The molecule has 0 aromatic carbocycles. The van der Waals surface area contributed by atoms with E-state index in [0.717, 1.165) is 45.0 Å². The van der Waals surface area contributed by atoms with E-state index in [4.69, 9.17) is 4.74 Å². The molecule has 0 saturated carbocycles. The molecule has 0 aliphatic heterocycles. The Morgan fingerprint density at radius 1 is 1.47 bits per heavy atom. The Balaban J connectivity index is 2.30. The van der Waals surface area contributed by atoms with Crippen molar-refractivity contribution >= 4 is 5.82 Å². The second-order valence-corrected chi connectivity index (χ2v) is 3.98. The van der Waals surface area contributed by atoms with Crippen molar-refractivity contribution in [1.29, 1.82) is 0 Å². The lowest BCUT2D eigenvalue weighted by atomic mass is 10.4. The molecule has 1 aromatic heterocycles. The highest BCUT2D eigenvalue weighted by molar-refractivity contribution is 5.34. The largest absolute Gasteiger partial charge is 0.383 e. The summed E-state index contributed by atoms with van der Waals surface area (Å²) in [5, 5.41) is 11.3. The number of nitrogens with zero attached hydrogens (tertiary/aromatic N) is 4. The van der Waals surface area contributed by atoms with E-state index in [1.54, 1.807) is 7.11 Å². The van der Waals surface area contributed by atoms with Crippen LogP contribution in [-0.2, 0) is 11.3 Å². The van der Waals surface area contributed by atoms with Crippen molar-refractivity contribution in [2.24, 2.45) is 0 Å². The van der Waals surface area contributed by atoms with Crippen LogP contribution in [0.4, 0.5) is 5.82 Å². The van der Waals surface area contributed by atoms with Gasteiger partial charge in [-0.05, 0) is 6.42 Å². The van der Waals surface area contributed by atoms with Gasteiger partial charge in [0.1, 0.15) is 5.82 Å². The Labute approximate surface area is 103 Å². The van der Waals surface area contributed by atoms with Crippen molar-refractivity contribution in [3.63, 3.8) is 0 Å². The summed E-state index contributed by atoms with van der Waals surface area (Å²) in [4.78, 5) is 2.16. The molecular formula is C11H23N5O. The smallest absolute Gasteiger partial charge is 0.147 e. The minimum absolute atomic E-state index is 0.749. The van der Waals surface area contributed by atoms with Gasteiger partial charge in [0, 0.05) is 40.3 Å². The Kier molecular flexibility index (Phi) is 6.57. The number of likely N-dealkylation sites (N-methyl/N-ethyl adjacent to an activating group) is 1. The van der Waals surface area contributed by atoms with E-state index in [1.165, 1.54) is 0 Å². The number of aromatic nitrogens is 3. The summed E-state index contributed by atoms with van der Waals surface area (Å²) >= 11 is 0. The molecule has 0 aliphatic rings. The van der Waals surface area contributed by atoms with Crippen LogP contribution in [0.15, 0.2) is 6.20 Å². The van der Waals surface area contributed by atoms with E-state index in [-0.39, 0.29) is 0 Å². The number of methoxy groups -OCH3 is 1. The van der Waals surface area contributed by atoms with Gasteiger partial charge in [0.15, 0.2) is 0 Å².